The highest BCUT2D eigenvalue weighted by molar-refractivity contribution is 7.15. The summed E-state index contributed by atoms with van der Waals surface area (Å²) in [6.45, 7) is 4.63. The Labute approximate surface area is 367 Å². The fourth-order valence-corrected chi connectivity index (χ4v) is 8.51. The van der Waals surface area contributed by atoms with Crippen LogP contribution >= 0.6 is 57.5 Å². The van der Waals surface area contributed by atoms with Gasteiger partial charge in [0.05, 0.1) is 38.9 Å². The van der Waals surface area contributed by atoms with Gasteiger partial charge in [0, 0.05) is 27.1 Å². The topological polar surface area (TPSA) is 64.5 Å². The molecule has 60 heavy (non-hydrogen) atoms. The number of aliphatic hydroxyl groups excluding tert-OH is 1. The molecule has 0 atom stereocenters. The number of nitrogens with zero attached hydrogens (tertiary/aromatic N) is 2. The lowest BCUT2D eigenvalue weighted by Crippen LogP contribution is -2.03. The highest BCUT2D eigenvalue weighted by Gasteiger charge is 2.31. The van der Waals surface area contributed by atoms with Crippen molar-refractivity contribution in [3.63, 3.8) is 0 Å². The molecule has 320 valence electrons. The molecule has 0 amide bonds. The lowest BCUT2D eigenvalue weighted by molar-refractivity contribution is -0.138. The number of thiazole rings is 2. The Bertz CT molecular complexity index is 2140. The number of hydrogen-bond donors (Lipinski definition) is 1. The van der Waals surface area contributed by atoms with E-state index in [0.717, 1.165) is 89.5 Å². The van der Waals surface area contributed by atoms with E-state index in [9.17, 15) is 31.4 Å². The fourth-order valence-electron chi connectivity index (χ4n) is 5.69. The quantitative estimate of drug-likeness (QED) is 0.0774. The Kier molecular flexibility index (Phi) is 17.1. The van der Waals surface area contributed by atoms with Gasteiger partial charge in [0.1, 0.15) is 34.7 Å². The minimum absolute atomic E-state index is 0.147. The maximum absolute atomic E-state index is 12.8. The van der Waals surface area contributed by atoms with Gasteiger partial charge in [-0.15, -0.1) is 34.3 Å². The smallest absolute Gasteiger partial charge is 0.416 e. The SMILES string of the molecule is CCCCc1nc(-c2ccc(C(F)(F)F)cc2)sc1COc1ccc(CCl)c(Cl)c1.CCCCc1nc(-c2ccc(C(F)(F)F)cc2)sc1COc1ccc(CO)c(Cl)c1. The number of alkyl halides is 7. The van der Waals surface area contributed by atoms with Gasteiger partial charge in [0.2, 0.25) is 0 Å². The lowest BCUT2D eigenvalue weighted by Gasteiger charge is -2.08. The maximum Gasteiger partial charge on any atom is 0.416 e. The molecule has 5 nitrogen and oxygen atoms in total. The van der Waals surface area contributed by atoms with Gasteiger partial charge >= 0.3 is 12.4 Å². The number of unbranched alkanes of at least 4 members (excludes halogenated alkanes) is 2. The van der Waals surface area contributed by atoms with E-state index in [-0.39, 0.29) is 13.2 Å². The molecule has 2 heterocycles. The number of rotatable bonds is 16. The van der Waals surface area contributed by atoms with Crippen LogP contribution in [0.15, 0.2) is 84.9 Å². The van der Waals surface area contributed by atoms with E-state index >= 15 is 0 Å². The number of hydrogen-bond acceptors (Lipinski definition) is 7. The van der Waals surface area contributed by atoms with Gasteiger partial charge in [0.25, 0.3) is 0 Å². The van der Waals surface area contributed by atoms with Crippen LogP contribution in [0.5, 0.6) is 11.5 Å². The van der Waals surface area contributed by atoms with E-state index in [1.807, 2.05) is 12.1 Å². The summed E-state index contributed by atoms with van der Waals surface area (Å²) >= 11 is 21.0. The monoisotopic (exact) mass is 928 g/mol. The van der Waals surface area contributed by atoms with Crippen LogP contribution in [0, 0.1) is 0 Å². The predicted molar refractivity (Wildman–Crippen MR) is 229 cm³/mol. The molecule has 4 aromatic carbocycles. The third-order valence-corrected chi connectivity index (χ3v) is 12.3. The Morgan fingerprint density at radius 2 is 1.00 bits per heavy atom. The number of aliphatic hydroxyl groups is 1. The van der Waals surface area contributed by atoms with Gasteiger partial charge in [0.15, 0.2) is 0 Å². The zero-order chi connectivity index (χ0) is 43.5. The number of halogens is 9. The van der Waals surface area contributed by atoms with Crippen molar-refractivity contribution in [3.05, 3.63) is 138 Å². The van der Waals surface area contributed by atoms with Crippen LogP contribution in [0.1, 0.15) is 82.9 Å². The molecular formula is C44H41Cl3F6N2O3S2. The van der Waals surface area contributed by atoms with Crippen LogP contribution in [0.2, 0.25) is 10.0 Å². The third kappa shape index (κ3) is 13.1. The summed E-state index contributed by atoms with van der Waals surface area (Å²) in [5, 5.41) is 11.5. The summed E-state index contributed by atoms with van der Waals surface area (Å²) in [4.78, 5) is 11.2. The van der Waals surface area contributed by atoms with Gasteiger partial charge < -0.3 is 14.6 Å². The maximum atomic E-state index is 12.8. The Morgan fingerprint density at radius 3 is 1.33 bits per heavy atom. The first-order chi connectivity index (χ1) is 28.6. The molecule has 0 radical (unpaired) electrons. The second-order valence-electron chi connectivity index (χ2n) is 13.5. The minimum atomic E-state index is -4.36. The number of benzene rings is 4. The average molecular weight is 930 g/mol. The van der Waals surface area contributed by atoms with Crippen LogP contribution in [0.25, 0.3) is 21.1 Å². The van der Waals surface area contributed by atoms with Crippen LogP contribution in [0.4, 0.5) is 26.3 Å². The molecule has 0 spiro atoms. The van der Waals surface area contributed by atoms with Crippen LogP contribution in [-0.2, 0) is 50.9 Å². The highest BCUT2D eigenvalue weighted by Crippen LogP contribution is 2.36. The van der Waals surface area contributed by atoms with Crippen molar-refractivity contribution in [1.29, 1.82) is 0 Å². The van der Waals surface area contributed by atoms with Crippen LogP contribution < -0.4 is 9.47 Å². The molecule has 16 heteroatoms. The zero-order valence-electron chi connectivity index (χ0n) is 32.5. The summed E-state index contributed by atoms with van der Waals surface area (Å²) in [6.07, 6.45) is -3.20. The second kappa shape index (κ2) is 21.8. The van der Waals surface area contributed by atoms with Crippen molar-refractivity contribution in [2.75, 3.05) is 0 Å². The van der Waals surface area contributed by atoms with E-state index in [1.54, 1.807) is 24.3 Å². The van der Waals surface area contributed by atoms with Crippen LogP contribution in [0.3, 0.4) is 0 Å². The summed E-state index contributed by atoms with van der Waals surface area (Å²) in [6, 6.07) is 20.6. The number of aryl methyl sites for hydroxylation is 2. The molecule has 6 rings (SSSR count). The molecule has 0 fully saturated rings. The summed E-state index contributed by atoms with van der Waals surface area (Å²) in [5.41, 5.74) is 3.22. The molecule has 6 aromatic rings. The molecule has 0 unspecified atom stereocenters. The third-order valence-electron chi connectivity index (χ3n) is 9.11. The van der Waals surface area contributed by atoms with E-state index < -0.39 is 23.5 Å². The summed E-state index contributed by atoms with van der Waals surface area (Å²) in [7, 11) is 0. The van der Waals surface area contributed by atoms with Crippen LogP contribution in [-0.4, -0.2) is 15.1 Å². The van der Waals surface area contributed by atoms with E-state index in [1.165, 1.54) is 46.9 Å². The molecular weight excluding hydrogens is 889 g/mol. The summed E-state index contributed by atoms with van der Waals surface area (Å²) in [5.74, 6) is 1.52. The predicted octanol–water partition coefficient (Wildman–Crippen LogP) is 15.0. The van der Waals surface area contributed by atoms with Gasteiger partial charge in [-0.3, -0.25) is 0 Å². The Morgan fingerprint density at radius 1 is 0.600 bits per heavy atom. The molecule has 0 aliphatic carbocycles. The Balaban J connectivity index is 0.000000228. The average Bonchev–Trinajstić information content (AvgIpc) is 3.84. The summed E-state index contributed by atoms with van der Waals surface area (Å²) < 4.78 is 88.7. The number of ether oxygens (including phenoxy) is 2. The van der Waals surface area contributed by atoms with Crippen molar-refractivity contribution in [2.45, 2.75) is 90.4 Å². The first-order valence-electron chi connectivity index (χ1n) is 18.9. The van der Waals surface area contributed by atoms with Gasteiger partial charge in [-0.25, -0.2) is 9.97 Å². The van der Waals surface area contributed by atoms with Crippen molar-refractivity contribution in [2.24, 2.45) is 0 Å². The van der Waals surface area contributed by atoms with E-state index in [2.05, 4.69) is 23.8 Å². The van der Waals surface area contributed by atoms with E-state index in [4.69, 9.17) is 44.3 Å². The first-order valence-corrected chi connectivity index (χ1v) is 21.9. The molecule has 2 aromatic heterocycles. The van der Waals surface area contributed by atoms with Gasteiger partial charge in [-0.05, 0) is 85.3 Å². The largest absolute Gasteiger partial charge is 0.488 e. The molecule has 0 bridgehead atoms. The normalized spacial score (nSPS) is 11.7. The van der Waals surface area contributed by atoms with Crippen molar-refractivity contribution >= 4 is 57.5 Å². The Hall–Kier alpha value is -3.85. The molecule has 0 saturated carbocycles. The van der Waals surface area contributed by atoms with Crippen molar-refractivity contribution in [1.82, 2.24) is 9.97 Å². The minimum Gasteiger partial charge on any atom is -0.488 e. The van der Waals surface area contributed by atoms with Gasteiger partial charge in [-0.2, -0.15) is 26.3 Å². The fraction of sp³-hybridized carbons (Fsp3) is 0.318. The standard InChI is InChI=1S/C22H20Cl2F3NOS.C22H21ClF3NO2S/c1-2-3-4-19-20(13-29-17-10-7-15(12-23)18(24)11-17)30-21(28-19)14-5-8-16(9-6-14)22(25,26)27;1-2-3-4-19-20(13-29-17-10-7-15(12-28)18(23)11-17)30-21(27-19)14-5-8-16(9-6-14)22(24,25)26/h5-11H,2-4,12-13H2,1H3;5-11,28H,2-4,12-13H2,1H3. The van der Waals surface area contributed by atoms with Crippen molar-refractivity contribution < 1.29 is 40.9 Å². The van der Waals surface area contributed by atoms with Crippen molar-refractivity contribution in [3.8, 4) is 32.6 Å². The molecule has 0 saturated heterocycles. The lowest BCUT2D eigenvalue weighted by atomic mass is 10.1. The number of aromatic nitrogens is 2. The molecule has 0 aliphatic rings. The van der Waals surface area contributed by atoms with E-state index in [0.29, 0.717) is 60.7 Å². The highest BCUT2D eigenvalue weighted by atomic mass is 35.5. The zero-order valence-corrected chi connectivity index (χ0v) is 36.4. The first kappa shape index (κ1) is 47.2. The molecule has 1 N–H and O–H groups in total. The molecule has 0 aliphatic heterocycles. The van der Waals surface area contributed by atoms with Gasteiger partial charge in [-0.1, -0.05) is 86.3 Å². The second-order valence-corrected chi connectivity index (χ2v) is 16.8.